The van der Waals surface area contributed by atoms with Crippen LogP contribution in [-0.4, -0.2) is 107 Å². The summed E-state index contributed by atoms with van der Waals surface area (Å²) in [6.45, 7) is 16.2. The SMILES string of the molecule is COc1cc(CN2C(=O)N(Cc3ccc(OCOCC[Si](C)(C)C)c(OC)c3)N(Cc3ccc(O)cc3)C[C@@H](O)[C@H]2Cc2ccccc2)ccc1OCOCC[Si](C)(C)C. The predicted molar refractivity (Wildman–Crippen MR) is 240 cm³/mol. The molecule has 0 aromatic heterocycles. The molecule has 0 unspecified atom stereocenters. The molecular weight excluding hydrogens is 795 g/mol. The lowest BCUT2D eigenvalue weighted by molar-refractivity contribution is -0.0214. The summed E-state index contributed by atoms with van der Waals surface area (Å²) in [7, 11) is 0.707. The molecule has 0 saturated carbocycles. The van der Waals surface area contributed by atoms with E-state index in [2.05, 4.69) is 39.3 Å². The third-order valence-corrected chi connectivity index (χ3v) is 13.8. The molecule has 1 aliphatic rings. The van der Waals surface area contributed by atoms with Gasteiger partial charge in [0.1, 0.15) is 5.75 Å². The molecule has 1 fully saturated rings. The predicted octanol–water partition coefficient (Wildman–Crippen LogP) is 8.62. The lowest BCUT2D eigenvalue weighted by atomic mass is 9.99. The first-order valence-electron chi connectivity index (χ1n) is 20.7. The fourth-order valence-corrected chi connectivity index (χ4v) is 8.30. The Morgan fingerprint density at radius 3 is 1.67 bits per heavy atom. The number of rotatable bonds is 22. The number of aliphatic hydroxyl groups is 1. The smallest absolute Gasteiger partial charge is 0.335 e. The fraction of sp³-hybridized carbons (Fsp3) is 0.457. The molecule has 0 radical (unpaired) electrons. The van der Waals surface area contributed by atoms with Crippen LogP contribution in [0.5, 0.6) is 28.7 Å². The number of urea groups is 1. The summed E-state index contributed by atoms with van der Waals surface area (Å²) in [5.74, 6) is 2.26. The van der Waals surface area contributed by atoms with E-state index >= 15 is 4.79 Å². The van der Waals surface area contributed by atoms with Gasteiger partial charge in [0.2, 0.25) is 0 Å². The van der Waals surface area contributed by atoms with Crippen LogP contribution in [0.3, 0.4) is 0 Å². The zero-order valence-electron chi connectivity index (χ0n) is 36.7. The van der Waals surface area contributed by atoms with Gasteiger partial charge in [0.25, 0.3) is 0 Å². The minimum atomic E-state index is -1.24. The zero-order chi connectivity index (χ0) is 43.3. The van der Waals surface area contributed by atoms with Crippen LogP contribution in [0.15, 0.2) is 91.0 Å². The number of ether oxygens (including phenoxy) is 6. The molecule has 0 bridgehead atoms. The highest BCUT2D eigenvalue weighted by atomic mass is 28.3. The van der Waals surface area contributed by atoms with Crippen molar-refractivity contribution in [3.63, 3.8) is 0 Å². The number of aromatic hydroxyl groups is 1. The van der Waals surface area contributed by atoms with Crippen molar-refractivity contribution < 1.29 is 43.4 Å². The molecular formula is C46H65N3O9Si2. The number of hydrazine groups is 1. The molecule has 2 N–H and O–H groups in total. The van der Waals surface area contributed by atoms with Crippen LogP contribution in [0.25, 0.3) is 0 Å². The molecule has 326 valence electrons. The van der Waals surface area contributed by atoms with Crippen molar-refractivity contribution in [2.45, 2.75) is 89.6 Å². The fourth-order valence-electron chi connectivity index (χ4n) is 6.79. The average Bonchev–Trinajstić information content (AvgIpc) is 3.28. The highest BCUT2D eigenvalue weighted by Gasteiger charge is 2.40. The van der Waals surface area contributed by atoms with Crippen LogP contribution in [0.4, 0.5) is 4.79 Å². The zero-order valence-corrected chi connectivity index (χ0v) is 38.7. The van der Waals surface area contributed by atoms with Gasteiger partial charge < -0.3 is 43.5 Å². The second-order valence-electron chi connectivity index (χ2n) is 17.7. The van der Waals surface area contributed by atoms with Gasteiger partial charge in [-0.15, -0.1) is 0 Å². The number of phenolic OH excluding ortho intramolecular Hbond substituents is 1. The molecule has 14 heteroatoms. The van der Waals surface area contributed by atoms with Crippen LogP contribution < -0.4 is 18.9 Å². The molecule has 0 spiro atoms. The largest absolute Gasteiger partial charge is 0.508 e. The molecule has 5 rings (SSSR count). The number of methoxy groups -OCH3 is 2. The van der Waals surface area contributed by atoms with Crippen molar-refractivity contribution in [3.05, 3.63) is 113 Å². The maximum absolute atomic E-state index is 15.3. The first-order valence-corrected chi connectivity index (χ1v) is 28.1. The lowest BCUT2D eigenvalue weighted by Crippen LogP contribution is -2.51. The minimum Gasteiger partial charge on any atom is -0.508 e. The van der Waals surface area contributed by atoms with Crippen LogP contribution in [0, 0.1) is 0 Å². The van der Waals surface area contributed by atoms with Crippen LogP contribution >= 0.6 is 0 Å². The molecule has 4 aromatic carbocycles. The van der Waals surface area contributed by atoms with Crippen LogP contribution in [0.2, 0.25) is 51.4 Å². The number of hydrogen-bond donors (Lipinski definition) is 2. The standard InChI is InChI=1S/C46H65N3O9Si2/c1-53-44-27-37(16-20-42(44)57-33-55-22-24-59(3,4)5)30-48-40(26-35-12-10-9-11-13-35)41(51)32-47(29-36-14-18-39(50)19-15-36)49(46(48)52)31-38-17-21-43(45(28-38)54-2)58-34-56-23-25-60(6,7)8/h9-21,27-28,40-41,50-51H,22-26,29-34H2,1-8H3/t40-,41-/m1/s1. The number of benzene rings is 4. The normalized spacial score (nSPS) is 16.4. The Morgan fingerprint density at radius 2 is 1.15 bits per heavy atom. The molecule has 2 amide bonds. The summed E-state index contributed by atoms with van der Waals surface area (Å²) in [6, 6.07) is 29.3. The maximum Gasteiger partial charge on any atom is 0.335 e. The number of aliphatic hydroxyl groups excluding tert-OH is 1. The van der Waals surface area contributed by atoms with Crippen molar-refractivity contribution in [3.8, 4) is 28.7 Å². The van der Waals surface area contributed by atoms with Gasteiger partial charge in [0.05, 0.1) is 32.9 Å². The van der Waals surface area contributed by atoms with Crippen LogP contribution in [0.1, 0.15) is 22.3 Å². The summed E-state index contributed by atoms with van der Waals surface area (Å²) in [6.07, 6.45) is -0.498. The Balaban J connectivity index is 1.45. The molecule has 4 aromatic rings. The maximum atomic E-state index is 15.3. The first kappa shape index (κ1) is 46.5. The van der Waals surface area contributed by atoms with Gasteiger partial charge in [-0.1, -0.05) is 93.9 Å². The summed E-state index contributed by atoms with van der Waals surface area (Å²) in [5.41, 5.74) is 3.47. The number of nitrogens with zero attached hydrogens (tertiary/aromatic N) is 3. The Bertz CT molecular complexity index is 1940. The highest BCUT2D eigenvalue weighted by molar-refractivity contribution is 6.76. The number of phenols is 1. The molecule has 60 heavy (non-hydrogen) atoms. The van der Waals surface area contributed by atoms with E-state index in [1.54, 1.807) is 36.3 Å². The van der Waals surface area contributed by atoms with Crippen LogP contribution in [-0.2, 0) is 35.5 Å². The van der Waals surface area contributed by atoms with E-state index in [0.29, 0.717) is 49.2 Å². The van der Waals surface area contributed by atoms with E-state index in [4.69, 9.17) is 28.4 Å². The second-order valence-corrected chi connectivity index (χ2v) is 29.0. The first-order chi connectivity index (χ1) is 28.6. The Hall–Kier alpha value is -4.58. The summed E-state index contributed by atoms with van der Waals surface area (Å²) in [5, 5.41) is 25.8. The molecule has 12 nitrogen and oxygen atoms in total. The van der Waals surface area contributed by atoms with Crippen molar-refractivity contribution in [1.82, 2.24) is 14.9 Å². The Labute approximate surface area is 358 Å². The van der Waals surface area contributed by atoms with E-state index in [1.807, 2.05) is 83.9 Å². The van der Waals surface area contributed by atoms with E-state index in [0.717, 1.165) is 34.3 Å². The van der Waals surface area contributed by atoms with E-state index in [-0.39, 0.29) is 45.0 Å². The summed E-state index contributed by atoms with van der Waals surface area (Å²) >= 11 is 0. The topological polar surface area (TPSA) is 123 Å². The molecule has 1 aliphatic heterocycles. The Morgan fingerprint density at radius 1 is 0.633 bits per heavy atom. The molecule has 1 heterocycles. The highest BCUT2D eigenvalue weighted by Crippen LogP contribution is 2.33. The number of β-amino-alcohol motifs (C(OH)–C–C–N with tert-alkyl or cyclic N) is 1. The third kappa shape index (κ3) is 14.3. The number of amides is 2. The number of carbonyl (C=O) groups excluding carboxylic acids is 1. The van der Waals surface area contributed by atoms with Gasteiger partial charge in [-0.3, -0.25) is 5.01 Å². The molecule has 2 atom stereocenters. The average molecular weight is 860 g/mol. The van der Waals surface area contributed by atoms with E-state index < -0.39 is 28.3 Å². The molecule has 0 aliphatic carbocycles. The van der Waals surface area contributed by atoms with Crippen molar-refractivity contribution >= 4 is 22.2 Å². The van der Waals surface area contributed by atoms with Gasteiger partial charge in [-0.05, 0) is 77.2 Å². The third-order valence-electron chi connectivity index (χ3n) is 10.4. The van der Waals surface area contributed by atoms with Crippen molar-refractivity contribution in [1.29, 1.82) is 0 Å². The van der Waals surface area contributed by atoms with Gasteiger partial charge >= 0.3 is 6.03 Å². The van der Waals surface area contributed by atoms with Gasteiger partial charge in [0.15, 0.2) is 36.6 Å². The van der Waals surface area contributed by atoms with Crippen molar-refractivity contribution in [2.75, 3.05) is 47.6 Å². The van der Waals surface area contributed by atoms with Crippen molar-refractivity contribution in [2.24, 2.45) is 0 Å². The summed E-state index contributed by atoms with van der Waals surface area (Å²) < 4.78 is 35.0. The van der Waals surface area contributed by atoms with E-state index in [1.165, 1.54) is 0 Å². The number of carbonyl (C=O) groups is 1. The van der Waals surface area contributed by atoms with E-state index in [9.17, 15) is 10.2 Å². The monoisotopic (exact) mass is 859 g/mol. The quantitative estimate of drug-likeness (QED) is 0.0452. The van der Waals surface area contributed by atoms with Gasteiger partial charge in [0, 0.05) is 49.0 Å². The summed E-state index contributed by atoms with van der Waals surface area (Å²) in [4.78, 5) is 17.0. The minimum absolute atomic E-state index is 0.102. The second kappa shape index (κ2) is 21.8. The van der Waals surface area contributed by atoms with Gasteiger partial charge in [-0.2, -0.15) is 0 Å². The molecule has 1 saturated heterocycles. The lowest BCUT2D eigenvalue weighted by Gasteiger charge is -2.36. The Kier molecular flexibility index (Phi) is 16.9. The number of hydrogen-bond acceptors (Lipinski definition) is 10. The van der Waals surface area contributed by atoms with Gasteiger partial charge in [-0.25, -0.2) is 9.80 Å².